The molecule has 0 unspecified atom stereocenters. The minimum Gasteiger partial charge on any atom is -0.461 e. The maximum atomic E-state index is 14.0. The molecule has 0 amide bonds. The number of halogens is 2. The van der Waals surface area contributed by atoms with Crippen LogP contribution < -0.4 is 10.2 Å². The van der Waals surface area contributed by atoms with E-state index in [1.807, 2.05) is 24.3 Å². The van der Waals surface area contributed by atoms with E-state index in [-0.39, 0.29) is 29.7 Å². The van der Waals surface area contributed by atoms with Crippen LogP contribution in [0.1, 0.15) is 42.2 Å². The molecule has 2 heterocycles. The van der Waals surface area contributed by atoms with Crippen LogP contribution >= 0.6 is 0 Å². The number of ether oxygens (including phenoxy) is 2. The number of morpholine rings is 1. The molecule has 9 heteroatoms. The predicted molar refractivity (Wildman–Crippen MR) is 142 cm³/mol. The molecule has 3 aromatic rings. The van der Waals surface area contributed by atoms with Gasteiger partial charge in [-0.25, -0.2) is 18.6 Å². The lowest BCUT2D eigenvalue weighted by Crippen LogP contribution is -2.36. The highest BCUT2D eigenvalue weighted by molar-refractivity contribution is 6.11. The second kappa shape index (κ2) is 11.3. The summed E-state index contributed by atoms with van der Waals surface area (Å²) in [6.45, 7) is 4.83. The Hall–Kier alpha value is -3.85. The van der Waals surface area contributed by atoms with Gasteiger partial charge in [0.05, 0.1) is 19.8 Å². The Kier molecular flexibility index (Phi) is 7.64. The van der Waals surface area contributed by atoms with Crippen LogP contribution in [0.25, 0.3) is 11.1 Å². The number of aromatic nitrogens is 1. The number of esters is 1. The first-order valence-corrected chi connectivity index (χ1v) is 12.9. The van der Waals surface area contributed by atoms with E-state index in [1.54, 1.807) is 13.0 Å². The maximum absolute atomic E-state index is 14.0. The standard InChI is InChI=1S/C29H30F2N4O3/c1-2-38-29(36)25-17-24(18-6-8-23(9-7-18)35-10-12-37-13-11-35)26(27(32)19-4-3-5-19)28(34-25)33-22-15-20(30)14-21(31)16-22/h6-9,14-17,19,32H,2-5,10-13H2,1H3,(H,33,34). The van der Waals surface area contributed by atoms with Crippen LogP contribution in [0.3, 0.4) is 0 Å². The van der Waals surface area contributed by atoms with Crippen LogP contribution in [0, 0.1) is 23.0 Å². The number of carbonyl (C=O) groups is 1. The Morgan fingerprint density at radius 2 is 1.79 bits per heavy atom. The lowest BCUT2D eigenvalue weighted by Gasteiger charge is -2.30. The Morgan fingerprint density at radius 3 is 2.39 bits per heavy atom. The van der Waals surface area contributed by atoms with Crippen LogP contribution in [0.5, 0.6) is 0 Å². The Balaban J connectivity index is 1.63. The van der Waals surface area contributed by atoms with Crippen LogP contribution in [0.15, 0.2) is 48.5 Å². The normalized spacial score (nSPS) is 15.6. The molecule has 2 N–H and O–H groups in total. The first kappa shape index (κ1) is 25.8. The first-order valence-electron chi connectivity index (χ1n) is 12.9. The lowest BCUT2D eigenvalue weighted by atomic mass is 9.78. The van der Waals surface area contributed by atoms with Crippen molar-refractivity contribution in [3.8, 4) is 11.1 Å². The molecule has 1 saturated heterocycles. The smallest absolute Gasteiger partial charge is 0.357 e. The summed E-state index contributed by atoms with van der Waals surface area (Å²) in [5.74, 6) is -1.88. The average Bonchev–Trinajstić information content (AvgIpc) is 2.87. The van der Waals surface area contributed by atoms with E-state index in [9.17, 15) is 13.6 Å². The summed E-state index contributed by atoms with van der Waals surface area (Å²) >= 11 is 0. The number of carbonyl (C=O) groups excluding carboxylic acids is 1. The average molecular weight is 521 g/mol. The van der Waals surface area contributed by atoms with Gasteiger partial charge in [0, 0.05) is 47.7 Å². The van der Waals surface area contributed by atoms with E-state index in [0.29, 0.717) is 30.1 Å². The maximum Gasteiger partial charge on any atom is 0.357 e. The molecule has 1 aromatic heterocycles. The topological polar surface area (TPSA) is 87.5 Å². The second-order valence-electron chi connectivity index (χ2n) is 9.47. The number of pyridine rings is 1. The summed E-state index contributed by atoms with van der Waals surface area (Å²) < 4.78 is 38.7. The number of hydrogen-bond acceptors (Lipinski definition) is 7. The minimum absolute atomic E-state index is 0.0430. The fraction of sp³-hybridized carbons (Fsp3) is 0.345. The SMILES string of the molecule is CCOC(=O)c1cc(-c2ccc(N3CCOCC3)cc2)c(C(=N)C2CCC2)c(Nc2cc(F)cc(F)c2)n1. The quantitative estimate of drug-likeness (QED) is 0.282. The summed E-state index contributed by atoms with van der Waals surface area (Å²) in [5, 5.41) is 12.1. The van der Waals surface area contributed by atoms with Gasteiger partial charge in [-0.15, -0.1) is 0 Å². The highest BCUT2D eigenvalue weighted by atomic mass is 19.1. The van der Waals surface area contributed by atoms with Crippen molar-refractivity contribution < 1.29 is 23.0 Å². The molecular formula is C29H30F2N4O3. The third-order valence-corrected chi connectivity index (χ3v) is 6.97. The molecule has 38 heavy (non-hydrogen) atoms. The zero-order valence-corrected chi connectivity index (χ0v) is 21.2. The van der Waals surface area contributed by atoms with Gasteiger partial charge in [0.2, 0.25) is 0 Å². The van der Waals surface area contributed by atoms with Crippen molar-refractivity contribution >= 4 is 28.9 Å². The molecule has 1 saturated carbocycles. The molecule has 198 valence electrons. The highest BCUT2D eigenvalue weighted by Gasteiger charge is 2.29. The monoisotopic (exact) mass is 520 g/mol. The van der Waals surface area contributed by atoms with Crippen molar-refractivity contribution in [2.75, 3.05) is 43.1 Å². The predicted octanol–water partition coefficient (Wildman–Crippen LogP) is 5.95. The number of hydrogen-bond donors (Lipinski definition) is 2. The molecule has 2 aliphatic rings. The number of rotatable bonds is 8. The summed E-state index contributed by atoms with van der Waals surface area (Å²) in [7, 11) is 0. The minimum atomic E-state index is -0.747. The fourth-order valence-electron chi connectivity index (χ4n) is 4.78. The molecule has 7 nitrogen and oxygen atoms in total. The Bertz CT molecular complexity index is 1320. The van der Waals surface area contributed by atoms with Gasteiger partial charge in [-0.3, -0.25) is 0 Å². The van der Waals surface area contributed by atoms with Gasteiger partial charge >= 0.3 is 5.97 Å². The van der Waals surface area contributed by atoms with Crippen molar-refractivity contribution in [3.63, 3.8) is 0 Å². The van der Waals surface area contributed by atoms with Crippen molar-refractivity contribution in [2.45, 2.75) is 26.2 Å². The molecule has 0 spiro atoms. The van der Waals surface area contributed by atoms with Crippen LogP contribution in [0.2, 0.25) is 0 Å². The first-order chi connectivity index (χ1) is 18.4. The van der Waals surface area contributed by atoms with Crippen LogP contribution in [0.4, 0.5) is 26.0 Å². The summed E-state index contributed by atoms with van der Waals surface area (Å²) in [6, 6.07) is 12.7. The largest absolute Gasteiger partial charge is 0.461 e. The Labute approximate surface area is 220 Å². The third-order valence-electron chi connectivity index (χ3n) is 6.97. The molecule has 0 bridgehead atoms. The van der Waals surface area contributed by atoms with Gasteiger partial charge in [0.15, 0.2) is 5.69 Å². The molecule has 5 rings (SSSR count). The highest BCUT2D eigenvalue weighted by Crippen LogP contribution is 2.38. The second-order valence-corrected chi connectivity index (χ2v) is 9.47. The molecule has 2 fully saturated rings. The van der Waals surface area contributed by atoms with Gasteiger partial charge in [-0.1, -0.05) is 18.6 Å². The van der Waals surface area contributed by atoms with Crippen molar-refractivity contribution in [2.24, 2.45) is 5.92 Å². The summed E-state index contributed by atoms with van der Waals surface area (Å²) in [5.41, 5.74) is 3.55. The number of anilines is 3. The zero-order valence-electron chi connectivity index (χ0n) is 21.2. The molecule has 1 aliphatic heterocycles. The van der Waals surface area contributed by atoms with E-state index in [1.165, 1.54) is 0 Å². The summed E-state index contributed by atoms with van der Waals surface area (Å²) in [6.07, 6.45) is 2.78. The number of nitrogens with one attached hydrogen (secondary N) is 2. The van der Waals surface area contributed by atoms with Gasteiger partial charge in [-0.05, 0) is 61.2 Å². The van der Waals surface area contributed by atoms with Gasteiger partial charge in [-0.2, -0.15) is 0 Å². The van der Waals surface area contributed by atoms with Gasteiger partial charge in [0.1, 0.15) is 17.5 Å². The number of nitrogens with zero attached hydrogens (tertiary/aromatic N) is 2. The van der Waals surface area contributed by atoms with E-state index < -0.39 is 17.6 Å². The van der Waals surface area contributed by atoms with E-state index in [0.717, 1.165) is 61.8 Å². The van der Waals surface area contributed by atoms with Crippen LogP contribution in [-0.2, 0) is 9.47 Å². The van der Waals surface area contributed by atoms with Crippen molar-refractivity contribution in [3.05, 3.63) is 71.4 Å². The lowest BCUT2D eigenvalue weighted by molar-refractivity contribution is 0.0519. The molecule has 0 radical (unpaired) electrons. The van der Waals surface area contributed by atoms with Gasteiger partial charge < -0.3 is 25.1 Å². The summed E-state index contributed by atoms with van der Waals surface area (Å²) in [4.78, 5) is 19.5. The fourth-order valence-corrected chi connectivity index (χ4v) is 4.78. The third kappa shape index (κ3) is 5.52. The van der Waals surface area contributed by atoms with Crippen molar-refractivity contribution in [1.29, 1.82) is 5.41 Å². The Morgan fingerprint density at radius 1 is 1.11 bits per heavy atom. The zero-order chi connectivity index (χ0) is 26.6. The van der Waals surface area contributed by atoms with E-state index in [2.05, 4.69) is 15.2 Å². The van der Waals surface area contributed by atoms with Crippen LogP contribution in [-0.4, -0.2) is 49.6 Å². The van der Waals surface area contributed by atoms with E-state index >= 15 is 0 Å². The molecule has 1 aliphatic carbocycles. The van der Waals surface area contributed by atoms with Crippen molar-refractivity contribution in [1.82, 2.24) is 4.98 Å². The van der Waals surface area contributed by atoms with E-state index in [4.69, 9.17) is 14.9 Å². The molecular weight excluding hydrogens is 490 g/mol. The molecule has 2 aromatic carbocycles. The molecule has 0 atom stereocenters. The van der Waals surface area contributed by atoms with Gasteiger partial charge in [0.25, 0.3) is 0 Å². The number of benzene rings is 2.